The summed E-state index contributed by atoms with van der Waals surface area (Å²) < 4.78 is 0. The number of carbonyl (C=O) groups excluding carboxylic acids is 1. The van der Waals surface area contributed by atoms with E-state index >= 15 is 0 Å². The molecule has 1 aromatic rings. The molecule has 2 N–H and O–H groups in total. The van der Waals surface area contributed by atoms with Crippen molar-refractivity contribution in [2.24, 2.45) is 0 Å². The fraction of sp³-hybridized carbons (Fsp3) is 0.562. The third-order valence-electron chi connectivity index (χ3n) is 4.43. The highest BCUT2D eigenvalue weighted by Gasteiger charge is 2.28. The van der Waals surface area contributed by atoms with Gasteiger partial charge in [0.25, 0.3) is 0 Å². The molecule has 1 atom stereocenters. The maximum absolute atomic E-state index is 12.2. The zero-order chi connectivity index (χ0) is 15.4. The van der Waals surface area contributed by atoms with Crippen LogP contribution in [0.4, 0.5) is 10.5 Å². The van der Waals surface area contributed by atoms with Crippen molar-refractivity contribution in [1.82, 2.24) is 4.90 Å². The highest BCUT2D eigenvalue weighted by Crippen LogP contribution is 2.15. The normalized spacial score (nSPS) is 17.9. The number of halogens is 1. The molecule has 0 aromatic heterocycles. The molecule has 1 fully saturated rings. The summed E-state index contributed by atoms with van der Waals surface area (Å²) in [6.07, 6.45) is 2.14. The van der Waals surface area contributed by atoms with Crippen molar-refractivity contribution in [2.45, 2.75) is 38.8 Å². The van der Waals surface area contributed by atoms with Gasteiger partial charge in [-0.1, -0.05) is 11.6 Å². The summed E-state index contributed by atoms with van der Waals surface area (Å²) in [5.74, 6) is 0. The number of hydrogen-bond acceptors (Lipinski definition) is 1. The van der Waals surface area contributed by atoms with Crippen molar-refractivity contribution in [1.29, 1.82) is 0 Å². The maximum Gasteiger partial charge on any atom is 0.321 e. The molecule has 1 heterocycles. The summed E-state index contributed by atoms with van der Waals surface area (Å²) in [5.41, 5.74) is 0.788. The molecular formula is C16H25ClN3O+. The van der Waals surface area contributed by atoms with Gasteiger partial charge < -0.3 is 15.1 Å². The lowest BCUT2D eigenvalue weighted by molar-refractivity contribution is -0.928. The summed E-state index contributed by atoms with van der Waals surface area (Å²) in [4.78, 5) is 15.7. The number of benzene rings is 1. The first-order valence-corrected chi connectivity index (χ1v) is 8.00. The number of likely N-dealkylation sites (tertiary alicyclic amines) is 1. The Hall–Kier alpha value is -1.26. The Morgan fingerprint density at radius 3 is 2.38 bits per heavy atom. The van der Waals surface area contributed by atoms with Crippen LogP contribution in [0.2, 0.25) is 5.02 Å². The van der Waals surface area contributed by atoms with Crippen molar-refractivity contribution in [2.75, 3.05) is 25.5 Å². The molecule has 0 saturated carbocycles. The van der Waals surface area contributed by atoms with E-state index in [1.54, 1.807) is 17.0 Å². The van der Waals surface area contributed by atoms with Crippen molar-refractivity contribution < 1.29 is 9.69 Å². The number of nitrogens with one attached hydrogen (secondary N) is 2. The van der Waals surface area contributed by atoms with E-state index in [2.05, 4.69) is 26.2 Å². The lowest BCUT2D eigenvalue weighted by Crippen LogP contribution is -3.16. The molecule has 1 aliphatic heterocycles. The monoisotopic (exact) mass is 310 g/mol. The van der Waals surface area contributed by atoms with Gasteiger partial charge in [0.05, 0.1) is 19.1 Å². The van der Waals surface area contributed by atoms with Gasteiger partial charge in [0, 0.05) is 36.6 Å². The third-order valence-corrected chi connectivity index (χ3v) is 4.68. The number of urea groups is 1. The Morgan fingerprint density at radius 2 is 1.86 bits per heavy atom. The zero-order valence-electron chi connectivity index (χ0n) is 13.0. The Bertz CT molecular complexity index is 467. The topological polar surface area (TPSA) is 36.8 Å². The van der Waals surface area contributed by atoms with E-state index in [9.17, 15) is 4.79 Å². The van der Waals surface area contributed by atoms with Crippen LogP contribution >= 0.6 is 11.6 Å². The van der Waals surface area contributed by atoms with Crippen LogP contribution in [0, 0.1) is 0 Å². The van der Waals surface area contributed by atoms with Gasteiger partial charge in [-0.05, 0) is 38.1 Å². The summed E-state index contributed by atoms with van der Waals surface area (Å²) >= 11 is 5.84. The van der Waals surface area contributed by atoms with Crippen molar-refractivity contribution in [3.63, 3.8) is 0 Å². The van der Waals surface area contributed by atoms with E-state index < -0.39 is 0 Å². The van der Waals surface area contributed by atoms with Crippen LogP contribution in [-0.4, -0.2) is 43.2 Å². The van der Waals surface area contributed by atoms with Gasteiger partial charge in [-0.3, -0.25) is 0 Å². The van der Waals surface area contributed by atoms with Crippen molar-refractivity contribution >= 4 is 23.3 Å². The molecule has 5 heteroatoms. The Balaban J connectivity index is 1.84. The lowest BCUT2D eigenvalue weighted by atomic mass is 10.0. The number of rotatable bonds is 3. The highest BCUT2D eigenvalue weighted by molar-refractivity contribution is 6.30. The molecule has 1 saturated heterocycles. The van der Waals surface area contributed by atoms with Crippen LogP contribution in [0.1, 0.15) is 26.7 Å². The fourth-order valence-corrected chi connectivity index (χ4v) is 2.87. The van der Waals surface area contributed by atoms with Crippen molar-refractivity contribution in [3.8, 4) is 0 Å². The minimum absolute atomic E-state index is 0.0158. The van der Waals surface area contributed by atoms with Gasteiger partial charge in [0.2, 0.25) is 0 Å². The maximum atomic E-state index is 12.2. The van der Waals surface area contributed by atoms with E-state index in [4.69, 9.17) is 11.6 Å². The average molecular weight is 311 g/mol. The van der Waals surface area contributed by atoms with Crippen LogP contribution in [0.3, 0.4) is 0 Å². The first kappa shape index (κ1) is 16.1. The molecule has 0 spiro atoms. The molecule has 0 aliphatic carbocycles. The van der Waals surface area contributed by atoms with Crippen LogP contribution in [-0.2, 0) is 0 Å². The van der Waals surface area contributed by atoms with Crippen LogP contribution in [0.15, 0.2) is 24.3 Å². The van der Waals surface area contributed by atoms with E-state index in [1.165, 1.54) is 0 Å². The first-order chi connectivity index (χ1) is 9.97. The van der Waals surface area contributed by atoms with E-state index in [0.717, 1.165) is 31.6 Å². The highest BCUT2D eigenvalue weighted by atomic mass is 35.5. The largest absolute Gasteiger partial charge is 0.333 e. The van der Waals surface area contributed by atoms with Gasteiger partial charge in [0.15, 0.2) is 0 Å². The molecule has 2 rings (SSSR count). The molecule has 1 aromatic carbocycles. The van der Waals surface area contributed by atoms with Crippen LogP contribution in [0.25, 0.3) is 0 Å². The number of nitrogens with zero attached hydrogens (tertiary/aromatic N) is 1. The predicted molar refractivity (Wildman–Crippen MR) is 87.1 cm³/mol. The minimum atomic E-state index is -0.0158. The second kappa shape index (κ2) is 7.14. The Labute approximate surface area is 132 Å². The second-order valence-corrected chi connectivity index (χ2v) is 6.53. The fourth-order valence-electron chi connectivity index (χ4n) is 2.75. The predicted octanol–water partition coefficient (Wildman–Crippen LogP) is 2.26. The molecule has 2 amide bonds. The SMILES string of the molecule is CC(C)[NH+](C)C1CCN(C(=O)Nc2ccc(Cl)cc2)CC1. The van der Waals surface area contributed by atoms with E-state index in [0.29, 0.717) is 17.1 Å². The standard InChI is InChI=1S/C16H24ClN3O/c1-12(2)19(3)15-8-10-20(11-9-15)16(21)18-14-6-4-13(17)5-7-14/h4-7,12,15H,8-11H2,1-3H3,(H,18,21)/p+1. The van der Waals surface area contributed by atoms with Crippen LogP contribution < -0.4 is 10.2 Å². The summed E-state index contributed by atoms with van der Waals surface area (Å²) in [5, 5.41) is 3.60. The third kappa shape index (κ3) is 4.35. The summed E-state index contributed by atoms with van der Waals surface area (Å²) in [7, 11) is 2.25. The minimum Gasteiger partial charge on any atom is -0.333 e. The van der Waals surface area contributed by atoms with Crippen molar-refractivity contribution in [3.05, 3.63) is 29.3 Å². The summed E-state index contributed by atoms with van der Waals surface area (Å²) in [6, 6.07) is 8.48. The molecule has 1 unspecified atom stereocenters. The van der Waals surface area contributed by atoms with Gasteiger partial charge >= 0.3 is 6.03 Å². The van der Waals surface area contributed by atoms with Gasteiger partial charge in [-0.25, -0.2) is 4.79 Å². The Morgan fingerprint density at radius 1 is 1.29 bits per heavy atom. The number of piperidine rings is 1. The molecule has 1 aliphatic rings. The van der Waals surface area contributed by atoms with E-state index in [-0.39, 0.29) is 6.03 Å². The lowest BCUT2D eigenvalue weighted by Gasteiger charge is -2.36. The van der Waals surface area contributed by atoms with Crippen LogP contribution in [0.5, 0.6) is 0 Å². The second-order valence-electron chi connectivity index (χ2n) is 6.10. The number of amides is 2. The Kier molecular flexibility index (Phi) is 5.48. The number of anilines is 1. The quantitative estimate of drug-likeness (QED) is 0.883. The van der Waals surface area contributed by atoms with Gasteiger partial charge in [0.1, 0.15) is 0 Å². The number of quaternary nitrogens is 1. The average Bonchev–Trinajstić information content (AvgIpc) is 2.49. The first-order valence-electron chi connectivity index (χ1n) is 7.62. The number of hydrogen-bond donors (Lipinski definition) is 2. The van der Waals surface area contributed by atoms with Gasteiger partial charge in [-0.2, -0.15) is 0 Å². The number of carbonyl (C=O) groups is 1. The molecule has 0 bridgehead atoms. The molecule has 0 radical (unpaired) electrons. The van der Waals surface area contributed by atoms with Gasteiger partial charge in [-0.15, -0.1) is 0 Å². The molecule has 116 valence electrons. The molecule has 21 heavy (non-hydrogen) atoms. The zero-order valence-corrected chi connectivity index (χ0v) is 13.8. The smallest absolute Gasteiger partial charge is 0.321 e. The van der Waals surface area contributed by atoms with E-state index in [1.807, 2.05) is 17.0 Å². The summed E-state index contributed by atoms with van der Waals surface area (Å²) in [6.45, 7) is 6.15. The molecular weight excluding hydrogens is 286 g/mol. The molecule has 4 nitrogen and oxygen atoms in total.